The van der Waals surface area contributed by atoms with E-state index >= 15 is 0 Å². The standard InChI is InChI=1S/C11H17N5O2/c1-15-9(2-5-13-15)11(17)16-6-3-8(4-7-16)10(12)14-18/h2,5,8,18H,3-4,6-7H2,1H3,(H2,12,14). The van der Waals surface area contributed by atoms with Gasteiger partial charge in [0, 0.05) is 32.3 Å². The number of amides is 1. The largest absolute Gasteiger partial charge is 0.409 e. The van der Waals surface area contributed by atoms with E-state index in [0.29, 0.717) is 18.8 Å². The van der Waals surface area contributed by atoms with Gasteiger partial charge < -0.3 is 15.8 Å². The number of piperidine rings is 1. The van der Waals surface area contributed by atoms with Crippen molar-refractivity contribution in [2.75, 3.05) is 13.1 Å². The minimum absolute atomic E-state index is 0.0204. The van der Waals surface area contributed by atoms with E-state index in [0.717, 1.165) is 12.8 Å². The molecule has 7 nitrogen and oxygen atoms in total. The number of nitrogens with two attached hydrogens (primary N) is 1. The van der Waals surface area contributed by atoms with Crippen LogP contribution in [0.5, 0.6) is 0 Å². The monoisotopic (exact) mass is 251 g/mol. The Kier molecular flexibility index (Phi) is 3.50. The van der Waals surface area contributed by atoms with Crippen LogP contribution in [0.2, 0.25) is 0 Å². The van der Waals surface area contributed by atoms with Crippen molar-refractivity contribution in [3.8, 4) is 0 Å². The lowest BCUT2D eigenvalue weighted by Gasteiger charge is -2.31. The highest BCUT2D eigenvalue weighted by molar-refractivity contribution is 5.92. The number of oxime groups is 1. The fourth-order valence-corrected chi connectivity index (χ4v) is 2.21. The molecule has 1 fully saturated rings. The lowest BCUT2D eigenvalue weighted by molar-refractivity contribution is 0.0698. The molecule has 0 bridgehead atoms. The van der Waals surface area contributed by atoms with E-state index in [2.05, 4.69) is 10.3 Å². The Morgan fingerprint density at radius 2 is 2.22 bits per heavy atom. The number of aryl methyl sites for hydroxylation is 1. The number of rotatable bonds is 2. The first kappa shape index (κ1) is 12.4. The molecule has 0 atom stereocenters. The van der Waals surface area contributed by atoms with Crippen molar-refractivity contribution in [3.05, 3.63) is 18.0 Å². The van der Waals surface area contributed by atoms with Gasteiger partial charge in [0.2, 0.25) is 0 Å². The minimum Gasteiger partial charge on any atom is -0.409 e. The number of carbonyl (C=O) groups excluding carboxylic acids is 1. The normalized spacial score (nSPS) is 18.1. The summed E-state index contributed by atoms with van der Waals surface area (Å²) in [5.74, 6) is 0.293. The molecule has 2 heterocycles. The molecule has 0 aromatic carbocycles. The summed E-state index contributed by atoms with van der Waals surface area (Å²) < 4.78 is 1.57. The highest BCUT2D eigenvalue weighted by atomic mass is 16.4. The third kappa shape index (κ3) is 2.29. The van der Waals surface area contributed by atoms with Crippen molar-refractivity contribution in [1.29, 1.82) is 0 Å². The van der Waals surface area contributed by atoms with Crippen LogP contribution in [0.3, 0.4) is 0 Å². The maximum absolute atomic E-state index is 12.2. The summed E-state index contributed by atoms with van der Waals surface area (Å²) >= 11 is 0. The van der Waals surface area contributed by atoms with E-state index in [1.165, 1.54) is 0 Å². The van der Waals surface area contributed by atoms with Gasteiger partial charge in [0.25, 0.3) is 5.91 Å². The molecule has 0 unspecified atom stereocenters. The van der Waals surface area contributed by atoms with Gasteiger partial charge in [0.05, 0.1) is 0 Å². The third-order valence-corrected chi connectivity index (χ3v) is 3.36. The quantitative estimate of drug-likeness (QED) is 0.335. The SMILES string of the molecule is Cn1nccc1C(=O)N1CCC(C(N)=NO)CC1. The van der Waals surface area contributed by atoms with E-state index in [-0.39, 0.29) is 17.7 Å². The van der Waals surface area contributed by atoms with Crippen LogP contribution >= 0.6 is 0 Å². The molecular formula is C11H17N5O2. The second-order valence-electron chi connectivity index (χ2n) is 4.43. The zero-order chi connectivity index (χ0) is 13.1. The third-order valence-electron chi connectivity index (χ3n) is 3.36. The van der Waals surface area contributed by atoms with Gasteiger partial charge in [-0.1, -0.05) is 5.16 Å². The Labute approximate surface area is 105 Å². The van der Waals surface area contributed by atoms with E-state index in [9.17, 15) is 4.79 Å². The number of hydrogen-bond acceptors (Lipinski definition) is 4. The maximum Gasteiger partial charge on any atom is 0.272 e. The molecule has 1 aliphatic rings. The zero-order valence-corrected chi connectivity index (χ0v) is 10.3. The first-order valence-electron chi connectivity index (χ1n) is 5.88. The second-order valence-corrected chi connectivity index (χ2v) is 4.43. The molecule has 7 heteroatoms. The number of hydrogen-bond donors (Lipinski definition) is 2. The molecule has 1 aliphatic heterocycles. The summed E-state index contributed by atoms with van der Waals surface area (Å²) in [7, 11) is 1.75. The Balaban J connectivity index is 1.98. The van der Waals surface area contributed by atoms with Gasteiger partial charge in [-0.3, -0.25) is 9.48 Å². The predicted molar refractivity (Wildman–Crippen MR) is 65.2 cm³/mol. The number of amidine groups is 1. The molecule has 1 saturated heterocycles. The van der Waals surface area contributed by atoms with Crippen molar-refractivity contribution in [2.24, 2.45) is 23.9 Å². The topological polar surface area (TPSA) is 96.7 Å². The first-order chi connectivity index (χ1) is 8.63. The average Bonchev–Trinajstić information content (AvgIpc) is 2.83. The first-order valence-corrected chi connectivity index (χ1v) is 5.88. The number of likely N-dealkylation sites (tertiary alicyclic amines) is 1. The van der Waals surface area contributed by atoms with E-state index in [4.69, 9.17) is 10.9 Å². The molecule has 18 heavy (non-hydrogen) atoms. The highest BCUT2D eigenvalue weighted by Gasteiger charge is 2.26. The Morgan fingerprint density at radius 3 is 2.72 bits per heavy atom. The molecule has 1 amide bonds. The van der Waals surface area contributed by atoms with Gasteiger partial charge in [-0.2, -0.15) is 5.10 Å². The summed E-state index contributed by atoms with van der Waals surface area (Å²) in [5, 5.41) is 15.6. The summed E-state index contributed by atoms with van der Waals surface area (Å²) in [5.41, 5.74) is 6.15. The van der Waals surface area contributed by atoms with Gasteiger partial charge in [-0.15, -0.1) is 0 Å². The highest BCUT2D eigenvalue weighted by Crippen LogP contribution is 2.18. The van der Waals surface area contributed by atoms with Crippen LogP contribution in [0.15, 0.2) is 17.4 Å². The summed E-state index contributed by atoms with van der Waals surface area (Å²) in [6, 6.07) is 1.71. The summed E-state index contributed by atoms with van der Waals surface area (Å²) in [6.45, 7) is 1.23. The van der Waals surface area contributed by atoms with E-state index in [1.54, 1.807) is 28.9 Å². The van der Waals surface area contributed by atoms with Gasteiger partial charge in [0.15, 0.2) is 0 Å². The molecule has 0 radical (unpaired) electrons. The van der Waals surface area contributed by atoms with Crippen LogP contribution in [-0.2, 0) is 7.05 Å². The Morgan fingerprint density at radius 1 is 1.56 bits per heavy atom. The van der Waals surface area contributed by atoms with Crippen molar-refractivity contribution >= 4 is 11.7 Å². The lowest BCUT2D eigenvalue weighted by Crippen LogP contribution is -2.42. The molecule has 1 aromatic rings. The smallest absolute Gasteiger partial charge is 0.272 e. The second kappa shape index (κ2) is 5.07. The Bertz CT molecular complexity index is 460. The average molecular weight is 251 g/mol. The number of nitrogens with zero attached hydrogens (tertiary/aromatic N) is 4. The van der Waals surface area contributed by atoms with Crippen molar-refractivity contribution < 1.29 is 10.0 Å². The molecule has 3 N–H and O–H groups in total. The molecular weight excluding hydrogens is 234 g/mol. The van der Waals surface area contributed by atoms with Crippen molar-refractivity contribution in [3.63, 3.8) is 0 Å². The van der Waals surface area contributed by atoms with Crippen LogP contribution in [0.25, 0.3) is 0 Å². The van der Waals surface area contributed by atoms with Gasteiger partial charge in [0.1, 0.15) is 11.5 Å². The molecule has 1 aromatic heterocycles. The minimum atomic E-state index is -0.0204. The Hall–Kier alpha value is -2.05. The predicted octanol–water partition coefficient (Wildman–Crippen LogP) is 0.0187. The molecule has 0 saturated carbocycles. The summed E-state index contributed by atoms with van der Waals surface area (Å²) in [4.78, 5) is 14.0. The lowest BCUT2D eigenvalue weighted by atomic mass is 9.95. The zero-order valence-electron chi connectivity index (χ0n) is 10.3. The molecule has 2 rings (SSSR count). The number of carbonyl (C=O) groups is 1. The van der Waals surface area contributed by atoms with Crippen LogP contribution in [0, 0.1) is 5.92 Å². The molecule has 98 valence electrons. The van der Waals surface area contributed by atoms with Crippen LogP contribution in [-0.4, -0.2) is 44.7 Å². The fraction of sp³-hybridized carbons (Fsp3) is 0.545. The van der Waals surface area contributed by atoms with Gasteiger partial charge >= 0.3 is 0 Å². The van der Waals surface area contributed by atoms with E-state index in [1.807, 2.05) is 0 Å². The van der Waals surface area contributed by atoms with Crippen LogP contribution in [0.4, 0.5) is 0 Å². The fourth-order valence-electron chi connectivity index (χ4n) is 2.21. The molecule has 0 spiro atoms. The van der Waals surface area contributed by atoms with Crippen molar-refractivity contribution in [1.82, 2.24) is 14.7 Å². The van der Waals surface area contributed by atoms with Crippen molar-refractivity contribution in [2.45, 2.75) is 12.8 Å². The van der Waals surface area contributed by atoms with Gasteiger partial charge in [-0.05, 0) is 18.9 Å². The maximum atomic E-state index is 12.2. The van der Waals surface area contributed by atoms with Crippen LogP contribution < -0.4 is 5.73 Å². The molecule has 0 aliphatic carbocycles. The van der Waals surface area contributed by atoms with Crippen LogP contribution in [0.1, 0.15) is 23.3 Å². The van der Waals surface area contributed by atoms with Gasteiger partial charge in [-0.25, -0.2) is 0 Å². The number of aromatic nitrogens is 2. The van der Waals surface area contributed by atoms with E-state index < -0.39 is 0 Å². The summed E-state index contributed by atoms with van der Waals surface area (Å²) in [6.07, 6.45) is 3.05.